The first-order valence-corrected chi connectivity index (χ1v) is 7.81. The maximum atomic E-state index is 12.5. The SMILES string of the molecule is O=C1O[C@@]2(CCCN(C(=O)C3CCC3)C2)c2ccccc21. The van der Waals surface area contributed by atoms with E-state index < -0.39 is 5.60 Å². The second-order valence-corrected chi connectivity index (χ2v) is 6.42. The number of ether oxygens (including phenoxy) is 1. The first-order chi connectivity index (χ1) is 10.2. The number of carbonyl (C=O) groups excluding carboxylic acids is 2. The van der Waals surface area contributed by atoms with Gasteiger partial charge in [0.1, 0.15) is 0 Å². The molecule has 1 aromatic carbocycles. The van der Waals surface area contributed by atoms with E-state index in [0.29, 0.717) is 12.1 Å². The van der Waals surface area contributed by atoms with E-state index in [1.165, 1.54) is 0 Å². The zero-order valence-electron chi connectivity index (χ0n) is 12.0. The molecule has 3 aliphatic rings. The molecule has 21 heavy (non-hydrogen) atoms. The van der Waals surface area contributed by atoms with Gasteiger partial charge in [-0.25, -0.2) is 4.79 Å². The lowest BCUT2D eigenvalue weighted by molar-refractivity contribution is -0.145. The summed E-state index contributed by atoms with van der Waals surface area (Å²) in [6.45, 7) is 1.31. The van der Waals surface area contributed by atoms with Gasteiger partial charge in [0, 0.05) is 18.0 Å². The van der Waals surface area contributed by atoms with Crippen LogP contribution in [-0.2, 0) is 15.1 Å². The van der Waals surface area contributed by atoms with Crippen LogP contribution in [0.15, 0.2) is 24.3 Å². The van der Waals surface area contributed by atoms with Crippen molar-refractivity contribution in [1.82, 2.24) is 4.90 Å². The van der Waals surface area contributed by atoms with E-state index in [0.717, 1.165) is 44.2 Å². The number of rotatable bonds is 1. The van der Waals surface area contributed by atoms with Crippen molar-refractivity contribution in [1.29, 1.82) is 0 Å². The lowest BCUT2D eigenvalue weighted by Crippen LogP contribution is -2.51. The topological polar surface area (TPSA) is 46.6 Å². The monoisotopic (exact) mass is 285 g/mol. The summed E-state index contributed by atoms with van der Waals surface area (Å²) in [5.74, 6) is 0.205. The number of carbonyl (C=O) groups is 2. The Hall–Kier alpha value is -1.84. The molecule has 110 valence electrons. The van der Waals surface area contributed by atoms with Crippen molar-refractivity contribution in [2.75, 3.05) is 13.1 Å². The molecule has 1 aromatic rings. The fraction of sp³-hybridized carbons (Fsp3) is 0.529. The zero-order chi connectivity index (χ0) is 14.4. The van der Waals surface area contributed by atoms with Gasteiger partial charge in [-0.05, 0) is 31.7 Å². The van der Waals surface area contributed by atoms with Crippen LogP contribution in [0, 0.1) is 5.92 Å². The van der Waals surface area contributed by atoms with E-state index in [2.05, 4.69) is 0 Å². The molecule has 2 heterocycles. The quantitative estimate of drug-likeness (QED) is 0.745. The van der Waals surface area contributed by atoms with E-state index >= 15 is 0 Å². The molecule has 1 atom stereocenters. The first kappa shape index (κ1) is 12.9. The average Bonchev–Trinajstić information content (AvgIpc) is 2.70. The van der Waals surface area contributed by atoms with Gasteiger partial charge in [-0.3, -0.25) is 4.79 Å². The molecule has 4 rings (SSSR count). The molecule has 0 aromatic heterocycles. The van der Waals surface area contributed by atoms with Crippen LogP contribution < -0.4 is 0 Å². The van der Waals surface area contributed by atoms with E-state index in [-0.39, 0.29) is 17.8 Å². The van der Waals surface area contributed by atoms with E-state index in [9.17, 15) is 9.59 Å². The van der Waals surface area contributed by atoms with Gasteiger partial charge in [-0.2, -0.15) is 0 Å². The number of hydrogen-bond donors (Lipinski definition) is 0. The summed E-state index contributed by atoms with van der Waals surface area (Å²) in [5.41, 5.74) is 1.02. The number of likely N-dealkylation sites (tertiary alicyclic amines) is 1. The van der Waals surface area contributed by atoms with Crippen LogP contribution in [0.1, 0.15) is 48.0 Å². The third-order valence-electron chi connectivity index (χ3n) is 5.15. The van der Waals surface area contributed by atoms with Crippen LogP contribution in [0.25, 0.3) is 0 Å². The van der Waals surface area contributed by atoms with Crippen molar-refractivity contribution in [3.8, 4) is 0 Å². The average molecular weight is 285 g/mol. The van der Waals surface area contributed by atoms with Crippen molar-refractivity contribution >= 4 is 11.9 Å². The fourth-order valence-corrected chi connectivity index (χ4v) is 3.77. The molecule has 0 radical (unpaired) electrons. The minimum Gasteiger partial charge on any atom is -0.449 e. The van der Waals surface area contributed by atoms with Gasteiger partial charge in [-0.1, -0.05) is 24.6 Å². The Morgan fingerprint density at radius 3 is 2.81 bits per heavy atom. The van der Waals surface area contributed by atoms with Crippen molar-refractivity contribution in [3.63, 3.8) is 0 Å². The van der Waals surface area contributed by atoms with Crippen LogP contribution in [-0.4, -0.2) is 29.9 Å². The van der Waals surface area contributed by atoms with Gasteiger partial charge in [0.25, 0.3) is 0 Å². The summed E-state index contributed by atoms with van der Waals surface area (Å²) in [4.78, 5) is 26.5. The predicted octanol–water partition coefficient (Wildman–Crippen LogP) is 2.47. The Labute approximate surface area is 124 Å². The number of amides is 1. The summed E-state index contributed by atoms with van der Waals surface area (Å²) < 4.78 is 5.74. The maximum Gasteiger partial charge on any atom is 0.339 e. The Bertz CT molecular complexity index is 608. The number of nitrogens with zero attached hydrogens (tertiary/aromatic N) is 1. The standard InChI is InChI=1S/C17H19NO3/c19-15(12-5-3-6-12)18-10-4-9-17(11-18)14-8-2-1-7-13(14)16(20)21-17/h1-2,7-8,12H,3-6,9-11H2/t17-/m1/s1. The fourth-order valence-electron chi connectivity index (χ4n) is 3.77. The zero-order valence-corrected chi connectivity index (χ0v) is 12.0. The Morgan fingerprint density at radius 1 is 1.24 bits per heavy atom. The van der Waals surface area contributed by atoms with Crippen molar-refractivity contribution in [2.24, 2.45) is 5.92 Å². The highest BCUT2D eigenvalue weighted by molar-refractivity contribution is 5.95. The highest BCUT2D eigenvalue weighted by atomic mass is 16.6. The van der Waals surface area contributed by atoms with Gasteiger partial charge in [0.2, 0.25) is 5.91 Å². The van der Waals surface area contributed by atoms with Crippen LogP contribution in [0.2, 0.25) is 0 Å². The van der Waals surface area contributed by atoms with Crippen LogP contribution in [0.4, 0.5) is 0 Å². The Balaban J connectivity index is 1.63. The highest BCUT2D eigenvalue weighted by Crippen LogP contribution is 2.43. The molecule has 4 heteroatoms. The maximum absolute atomic E-state index is 12.5. The molecular formula is C17H19NO3. The predicted molar refractivity (Wildman–Crippen MR) is 76.7 cm³/mol. The molecule has 1 spiro atoms. The van der Waals surface area contributed by atoms with Crippen LogP contribution in [0.3, 0.4) is 0 Å². The van der Waals surface area contributed by atoms with Crippen LogP contribution >= 0.6 is 0 Å². The molecule has 2 aliphatic heterocycles. The molecule has 1 saturated heterocycles. The second kappa shape index (κ2) is 4.58. The molecule has 1 aliphatic carbocycles. The molecule has 0 bridgehead atoms. The summed E-state index contributed by atoms with van der Waals surface area (Å²) in [6, 6.07) is 7.59. The number of benzene rings is 1. The molecule has 1 amide bonds. The van der Waals surface area contributed by atoms with Gasteiger partial charge in [0.15, 0.2) is 5.60 Å². The highest BCUT2D eigenvalue weighted by Gasteiger charge is 2.49. The molecule has 1 saturated carbocycles. The second-order valence-electron chi connectivity index (χ2n) is 6.42. The first-order valence-electron chi connectivity index (χ1n) is 7.81. The summed E-state index contributed by atoms with van der Waals surface area (Å²) in [6.07, 6.45) is 4.88. The minimum absolute atomic E-state index is 0.201. The summed E-state index contributed by atoms with van der Waals surface area (Å²) >= 11 is 0. The van der Waals surface area contributed by atoms with E-state index in [1.54, 1.807) is 0 Å². The lowest BCUT2D eigenvalue weighted by atomic mass is 9.81. The van der Waals surface area contributed by atoms with Crippen molar-refractivity contribution in [3.05, 3.63) is 35.4 Å². The number of fused-ring (bicyclic) bond motifs is 2. The molecular weight excluding hydrogens is 266 g/mol. The van der Waals surface area contributed by atoms with Crippen molar-refractivity contribution in [2.45, 2.75) is 37.7 Å². The summed E-state index contributed by atoms with van der Waals surface area (Å²) in [5, 5.41) is 0. The molecule has 0 unspecified atom stereocenters. The third-order valence-corrected chi connectivity index (χ3v) is 5.15. The summed E-state index contributed by atoms with van der Waals surface area (Å²) in [7, 11) is 0. The molecule has 4 nitrogen and oxygen atoms in total. The van der Waals surface area contributed by atoms with Gasteiger partial charge in [-0.15, -0.1) is 0 Å². The normalized spacial score (nSPS) is 28.2. The van der Waals surface area contributed by atoms with Gasteiger partial charge >= 0.3 is 5.97 Å². The van der Waals surface area contributed by atoms with Gasteiger partial charge in [0.05, 0.1) is 12.1 Å². The lowest BCUT2D eigenvalue weighted by Gasteiger charge is -2.42. The van der Waals surface area contributed by atoms with Crippen molar-refractivity contribution < 1.29 is 14.3 Å². The Morgan fingerprint density at radius 2 is 2.05 bits per heavy atom. The smallest absolute Gasteiger partial charge is 0.339 e. The minimum atomic E-state index is -0.606. The third kappa shape index (κ3) is 1.88. The van der Waals surface area contributed by atoms with E-state index in [4.69, 9.17) is 4.74 Å². The number of hydrogen-bond acceptors (Lipinski definition) is 3. The largest absolute Gasteiger partial charge is 0.449 e. The number of piperidine rings is 1. The van der Waals surface area contributed by atoms with Gasteiger partial charge < -0.3 is 9.64 Å². The van der Waals surface area contributed by atoms with E-state index in [1.807, 2.05) is 29.2 Å². The Kier molecular flexibility index (Phi) is 2.81. The molecule has 2 fully saturated rings. The van der Waals surface area contributed by atoms with Crippen LogP contribution in [0.5, 0.6) is 0 Å². The number of esters is 1. The molecule has 0 N–H and O–H groups in total.